The van der Waals surface area contributed by atoms with Gasteiger partial charge in [-0.05, 0) is 12.3 Å². The number of nitrogens with one attached hydrogen (secondary N) is 1. The minimum atomic E-state index is -1.11. The molecule has 4 N–H and O–H groups in total. The zero-order valence-corrected chi connectivity index (χ0v) is 13.8. The minimum Gasteiger partial charge on any atom is -0.480 e. The van der Waals surface area contributed by atoms with Crippen molar-refractivity contribution in [2.45, 2.75) is 65.6 Å². The van der Waals surface area contributed by atoms with E-state index in [2.05, 4.69) is 5.32 Å². The van der Waals surface area contributed by atoms with E-state index < -0.39 is 34.3 Å². The molecule has 122 valence electrons. The number of nitrogens with two attached hydrogens (primary N) is 1. The quantitative estimate of drug-likeness (QED) is 0.706. The van der Waals surface area contributed by atoms with Gasteiger partial charge in [0.2, 0.25) is 5.91 Å². The number of rotatable bonds is 5. The van der Waals surface area contributed by atoms with Crippen molar-refractivity contribution < 1.29 is 19.4 Å². The number of ether oxygens (including phenoxy) is 1. The van der Waals surface area contributed by atoms with Gasteiger partial charge in [0.15, 0.2) is 0 Å². The summed E-state index contributed by atoms with van der Waals surface area (Å²) in [6.07, 6.45) is 0.312. The summed E-state index contributed by atoms with van der Waals surface area (Å²) in [5.41, 5.74) is 4.02. The molecule has 1 fully saturated rings. The predicted octanol–water partition coefficient (Wildman–Crippen LogP) is 1.13. The fourth-order valence-corrected chi connectivity index (χ4v) is 2.73. The molecule has 3 atom stereocenters. The van der Waals surface area contributed by atoms with E-state index >= 15 is 0 Å². The fourth-order valence-electron chi connectivity index (χ4n) is 2.73. The Kier molecular flexibility index (Phi) is 4.75. The second-order valence-corrected chi connectivity index (χ2v) is 7.45. The first-order valence-electron chi connectivity index (χ1n) is 7.32. The van der Waals surface area contributed by atoms with Gasteiger partial charge in [0.25, 0.3) is 0 Å². The Hall–Kier alpha value is -1.14. The van der Waals surface area contributed by atoms with Gasteiger partial charge in [-0.15, -0.1) is 0 Å². The van der Waals surface area contributed by atoms with Crippen LogP contribution in [0.25, 0.3) is 0 Å². The summed E-state index contributed by atoms with van der Waals surface area (Å²) in [6, 6.07) is -0.979. The highest BCUT2D eigenvalue weighted by atomic mass is 16.5. The first-order valence-corrected chi connectivity index (χ1v) is 7.32. The van der Waals surface area contributed by atoms with E-state index in [4.69, 9.17) is 10.5 Å². The van der Waals surface area contributed by atoms with E-state index in [0.29, 0.717) is 13.0 Å². The number of carbonyl (C=O) groups is 2. The maximum Gasteiger partial charge on any atom is 0.326 e. The van der Waals surface area contributed by atoms with Crippen molar-refractivity contribution in [2.75, 3.05) is 6.61 Å². The number of amides is 1. The molecular formula is C15H28N2O4. The molecular weight excluding hydrogens is 272 g/mol. The van der Waals surface area contributed by atoms with Crippen LogP contribution >= 0.6 is 0 Å². The van der Waals surface area contributed by atoms with Gasteiger partial charge in [-0.3, -0.25) is 4.79 Å². The lowest BCUT2D eigenvalue weighted by molar-refractivity contribution is -0.173. The van der Waals surface area contributed by atoms with Crippen LogP contribution in [0.3, 0.4) is 0 Å². The maximum atomic E-state index is 12.5. The summed E-state index contributed by atoms with van der Waals surface area (Å²) in [5, 5.41) is 11.9. The Bertz CT molecular complexity index is 428. The van der Waals surface area contributed by atoms with Gasteiger partial charge in [0, 0.05) is 18.4 Å². The summed E-state index contributed by atoms with van der Waals surface area (Å²) in [7, 11) is 0. The Balaban J connectivity index is 2.87. The first kappa shape index (κ1) is 17.9. The normalized spacial score (nSPS) is 29.4. The molecule has 1 aliphatic rings. The van der Waals surface area contributed by atoms with Crippen LogP contribution in [0.4, 0.5) is 0 Å². The molecule has 0 saturated heterocycles. The zero-order chi connectivity index (χ0) is 16.6. The van der Waals surface area contributed by atoms with Crippen molar-refractivity contribution in [3.63, 3.8) is 0 Å². The SMILES string of the molecule is CCOC1CC(N)(C(=O)N[C@@H](C(=O)O)C(C)(C)C)C1(C)C. The second-order valence-electron chi connectivity index (χ2n) is 7.45. The molecule has 0 radical (unpaired) electrons. The second kappa shape index (κ2) is 5.57. The predicted molar refractivity (Wildman–Crippen MR) is 79.8 cm³/mol. The third kappa shape index (κ3) is 3.06. The molecule has 1 rings (SSSR count). The highest BCUT2D eigenvalue weighted by molar-refractivity contribution is 5.92. The number of hydrogen-bond donors (Lipinski definition) is 3. The molecule has 1 saturated carbocycles. The summed E-state index contributed by atoms with van der Waals surface area (Å²) >= 11 is 0. The van der Waals surface area contributed by atoms with E-state index in [9.17, 15) is 14.7 Å². The Morgan fingerprint density at radius 3 is 2.29 bits per heavy atom. The van der Waals surface area contributed by atoms with Gasteiger partial charge in [-0.1, -0.05) is 34.6 Å². The highest BCUT2D eigenvalue weighted by Gasteiger charge is 2.63. The molecule has 0 aromatic carbocycles. The van der Waals surface area contributed by atoms with E-state index in [0.717, 1.165) is 0 Å². The molecule has 2 unspecified atom stereocenters. The monoisotopic (exact) mass is 300 g/mol. The highest BCUT2D eigenvalue weighted by Crippen LogP contribution is 2.50. The van der Waals surface area contributed by atoms with Crippen LogP contribution in [0, 0.1) is 10.8 Å². The lowest BCUT2D eigenvalue weighted by Crippen LogP contribution is -2.76. The largest absolute Gasteiger partial charge is 0.480 e. The Morgan fingerprint density at radius 1 is 1.43 bits per heavy atom. The number of aliphatic carboxylic acids is 1. The summed E-state index contributed by atoms with van der Waals surface area (Å²) in [5.74, 6) is -1.48. The average Bonchev–Trinajstić information content (AvgIpc) is 2.33. The molecule has 6 nitrogen and oxygen atoms in total. The van der Waals surface area contributed by atoms with Crippen LogP contribution in [0.2, 0.25) is 0 Å². The Labute approximate surface area is 126 Å². The van der Waals surface area contributed by atoms with E-state index in [1.165, 1.54) is 0 Å². The minimum absolute atomic E-state index is 0.0869. The molecule has 0 aliphatic heterocycles. The van der Waals surface area contributed by atoms with Gasteiger partial charge in [0.1, 0.15) is 11.6 Å². The lowest BCUT2D eigenvalue weighted by atomic mass is 9.54. The average molecular weight is 300 g/mol. The van der Waals surface area contributed by atoms with Gasteiger partial charge in [-0.2, -0.15) is 0 Å². The van der Waals surface area contributed by atoms with Crippen molar-refractivity contribution in [1.82, 2.24) is 5.32 Å². The van der Waals surface area contributed by atoms with E-state index in [1.807, 2.05) is 20.8 Å². The third-order valence-corrected chi connectivity index (χ3v) is 4.62. The van der Waals surface area contributed by atoms with Gasteiger partial charge in [0.05, 0.1) is 6.10 Å². The molecule has 0 aromatic rings. The Morgan fingerprint density at radius 2 is 1.95 bits per heavy atom. The molecule has 0 heterocycles. The van der Waals surface area contributed by atoms with Crippen LogP contribution in [0.5, 0.6) is 0 Å². The van der Waals surface area contributed by atoms with E-state index in [-0.39, 0.29) is 6.10 Å². The van der Waals surface area contributed by atoms with Crippen LogP contribution in [0.1, 0.15) is 48.0 Å². The first-order chi connectivity index (χ1) is 9.38. The van der Waals surface area contributed by atoms with Gasteiger partial charge in [-0.25, -0.2) is 4.79 Å². The number of hydrogen-bond acceptors (Lipinski definition) is 4. The summed E-state index contributed by atoms with van der Waals surface area (Å²) in [6.45, 7) is 11.5. The molecule has 21 heavy (non-hydrogen) atoms. The number of carboxylic acids is 1. The fraction of sp³-hybridized carbons (Fsp3) is 0.867. The van der Waals surface area contributed by atoms with Crippen molar-refractivity contribution >= 4 is 11.9 Å². The maximum absolute atomic E-state index is 12.5. The number of carbonyl (C=O) groups excluding carboxylic acids is 1. The molecule has 1 aliphatic carbocycles. The van der Waals surface area contributed by atoms with Crippen molar-refractivity contribution in [1.29, 1.82) is 0 Å². The zero-order valence-electron chi connectivity index (χ0n) is 13.8. The molecule has 0 bridgehead atoms. The lowest BCUT2D eigenvalue weighted by Gasteiger charge is -2.57. The van der Waals surface area contributed by atoms with E-state index in [1.54, 1.807) is 20.8 Å². The summed E-state index contributed by atoms with van der Waals surface area (Å²) < 4.78 is 5.58. The molecule has 0 aromatic heterocycles. The smallest absolute Gasteiger partial charge is 0.326 e. The molecule has 0 spiro atoms. The van der Waals surface area contributed by atoms with Crippen molar-refractivity contribution in [2.24, 2.45) is 16.6 Å². The van der Waals surface area contributed by atoms with Crippen LogP contribution < -0.4 is 11.1 Å². The van der Waals surface area contributed by atoms with Crippen LogP contribution in [-0.4, -0.2) is 41.3 Å². The molecule has 6 heteroatoms. The van der Waals surface area contributed by atoms with Crippen molar-refractivity contribution in [3.05, 3.63) is 0 Å². The molecule has 1 amide bonds. The van der Waals surface area contributed by atoms with Gasteiger partial charge < -0.3 is 20.9 Å². The number of carboxylic acid groups (broad SMARTS) is 1. The topological polar surface area (TPSA) is 102 Å². The third-order valence-electron chi connectivity index (χ3n) is 4.62. The van der Waals surface area contributed by atoms with Crippen molar-refractivity contribution in [3.8, 4) is 0 Å². The van der Waals surface area contributed by atoms with Crippen LogP contribution in [-0.2, 0) is 14.3 Å². The summed E-state index contributed by atoms with van der Waals surface area (Å²) in [4.78, 5) is 23.9. The van der Waals surface area contributed by atoms with Crippen LogP contribution in [0.15, 0.2) is 0 Å². The van der Waals surface area contributed by atoms with Gasteiger partial charge >= 0.3 is 5.97 Å². The standard InChI is InChI=1S/C15H28N2O4/c1-7-21-9-8-15(16,14(9,5)6)12(20)17-10(11(18)19)13(2,3)4/h9-10H,7-8,16H2,1-6H3,(H,17,20)(H,18,19)/t9?,10-,15?/m0/s1.